The van der Waals surface area contributed by atoms with Crippen molar-refractivity contribution in [3.63, 3.8) is 0 Å². The maximum absolute atomic E-state index is 12.1. The lowest BCUT2D eigenvalue weighted by Crippen LogP contribution is -2.51. The van der Waals surface area contributed by atoms with Gasteiger partial charge in [0.25, 0.3) is 0 Å². The van der Waals surface area contributed by atoms with Gasteiger partial charge in [0.15, 0.2) is 0 Å². The fourth-order valence-corrected chi connectivity index (χ4v) is 3.66. The van der Waals surface area contributed by atoms with E-state index in [2.05, 4.69) is 4.72 Å². The molecule has 1 heterocycles. The first-order valence-electron chi connectivity index (χ1n) is 7.76. The van der Waals surface area contributed by atoms with Gasteiger partial charge in [0.2, 0.25) is 15.9 Å². The number of sulfonamides is 1. The molecule has 1 amide bonds. The Bertz CT molecular complexity index is 616. The van der Waals surface area contributed by atoms with Crippen molar-refractivity contribution in [2.24, 2.45) is 5.92 Å². The summed E-state index contributed by atoms with van der Waals surface area (Å²) in [5.41, 5.74) is 0.737. The largest absolute Gasteiger partial charge is 0.365 e. The van der Waals surface area contributed by atoms with Gasteiger partial charge in [-0.1, -0.05) is 44.2 Å². The predicted molar refractivity (Wildman–Crippen MR) is 88.2 cm³/mol. The van der Waals surface area contributed by atoms with Crippen LogP contribution in [0, 0.1) is 5.92 Å². The van der Waals surface area contributed by atoms with Gasteiger partial charge in [-0.3, -0.25) is 4.79 Å². The predicted octanol–water partition coefficient (Wildman–Crippen LogP) is 0.989. The van der Waals surface area contributed by atoms with E-state index in [0.29, 0.717) is 19.0 Å². The molecule has 0 radical (unpaired) electrons. The average Bonchev–Trinajstić information content (AvgIpc) is 2.48. The van der Waals surface area contributed by atoms with Gasteiger partial charge in [-0.25, -0.2) is 13.1 Å². The third kappa shape index (κ3) is 5.93. The van der Waals surface area contributed by atoms with Crippen LogP contribution in [0.2, 0.25) is 0 Å². The zero-order chi connectivity index (χ0) is 16.9. The van der Waals surface area contributed by atoms with Gasteiger partial charge in [0.1, 0.15) is 6.61 Å². The highest BCUT2D eigenvalue weighted by Crippen LogP contribution is 2.10. The Morgan fingerprint density at radius 3 is 2.65 bits per heavy atom. The molecule has 1 saturated heterocycles. The lowest BCUT2D eigenvalue weighted by Gasteiger charge is -2.33. The molecule has 0 aliphatic carbocycles. The molecule has 1 atom stereocenters. The van der Waals surface area contributed by atoms with Gasteiger partial charge >= 0.3 is 0 Å². The van der Waals surface area contributed by atoms with E-state index in [0.717, 1.165) is 5.56 Å². The molecule has 1 N–H and O–H groups in total. The molecular formula is C16H24N2O4S. The molecule has 1 unspecified atom stereocenters. The third-order valence-corrected chi connectivity index (χ3v) is 4.86. The van der Waals surface area contributed by atoms with Crippen LogP contribution in [-0.4, -0.2) is 51.6 Å². The number of morpholine rings is 1. The highest BCUT2D eigenvalue weighted by atomic mass is 32.2. The lowest BCUT2D eigenvalue weighted by molar-refractivity contribution is -0.149. The van der Waals surface area contributed by atoms with Crippen LogP contribution in [0.4, 0.5) is 0 Å². The van der Waals surface area contributed by atoms with Crippen LogP contribution in [0.15, 0.2) is 30.3 Å². The minimum absolute atomic E-state index is 0.0117. The highest BCUT2D eigenvalue weighted by Gasteiger charge is 2.27. The molecule has 0 bridgehead atoms. The SMILES string of the molecule is CC(C)CN1CC(CNS(=O)(=O)Cc2ccccc2)OCC1=O. The molecule has 6 nitrogen and oxygen atoms in total. The Morgan fingerprint density at radius 2 is 2.00 bits per heavy atom. The quantitative estimate of drug-likeness (QED) is 0.803. The fourth-order valence-electron chi connectivity index (χ4n) is 2.49. The van der Waals surface area contributed by atoms with Crippen molar-refractivity contribution in [3.8, 4) is 0 Å². The van der Waals surface area contributed by atoms with E-state index in [1.54, 1.807) is 17.0 Å². The zero-order valence-electron chi connectivity index (χ0n) is 13.6. The van der Waals surface area contributed by atoms with E-state index in [1.165, 1.54) is 0 Å². The number of amides is 1. The van der Waals surface area contributed by atoms with Crippen LogP contribution in [-0.2, 0) is 25.3 Å². The number of carbonyl (C=O) groups is 1. The number of rotatable bonds is 7. The van der Waals surface area contributed by atoms with Gasteiger partial charge < -0.3 is 9.64 Å². The summed E-state index contributed by atoms with van der Waals surface area (Å²) in [5.74, 6) is 0.268. The summed E-state index contributed by atoms with van der Waals surface area (Å²) in [6.07, 6.45) is -0.308. The molecule has 2 rings (SSSR count). The lowest BCUT2D eigenvalue weighted by atomic mass is 10.2. The second-order valence-corrected chi connectivity index (χ2v) is 8.03. The monoisotopic (exact) mass is 340 g/mol. The summed E-state index contributed by atoms with van der Waals surface area (Å²) < 4.78 is 32.2. The van der Waals surface area contributed by atoms with Crippen molar-refractivity contribution in [1.82, 2.24) is 9.62 Å². The third-order valence-electron chi connectivity index (χ3n) is 3.54. The molecule has 1 aliphatic heterocycles. The van der Waals surface area contributed by atoms with E-state index < -0.39 is 10.0 Å². The number of nitrogens with one attached hydrogen (secondary N) is 1. The minimum atomic E-state index is -3.42. The van der Waals surface area contributed by atoms with Crippen LogP contribution >= 0.6 is 0 Å². The molecule has 0 aromatic heterocycles. The summed E-state index contributed by atoms with van der Waals surface area (Å²) in [4.78, 5) is 13.5. The Hall–Kier alpha value is -1.44. The molecule has 23 heavy (non-hydrogen) atoms. The minimum Gasteiger partial charge on any atom is -0.365 e. The highest BCUT2D eigenvalue weighted by molar-refractivity contribution is 7.88. The molecule has 0 saturated carbocycles. The first kappa shape index (κ1) is 17.9. The standard InChI is InChI=1S/C16H24N2O4S/c1-13(2)9-18-10-15(22-11-16(18)19)8-17-23(20,21)12-14-6-4-3-5-7-14/h3-7,13,15,17H,8-12H2,1-2H3. The van der Waals surface area contributed by atoms with Crippen molar-refractivity contribution >= 4 is 15.9 Å². The number of hydrogen-bond donors (Lipinski definition) is 1. The normalized spacial score (nSPS) is 19.3. The van der Waals surface area contributed by atoms with Crippen LogP contribution in [0.3, 0.4) is 0 Å². The van der Waals surface area contributed by atoms with Gasteiger partial charge in [-0.05, 0) is 11.5 Å². The number of hydrogen-bond acceptors (Lipinski definition) is 4. The first-order valence-corrected chi connectivity index (χ1v) is 9.41. The topological polar surface area (TPSA) is 75.7 Å². The molecule has 7 heteroatoms. The van der Waals surface area contributed by atoms with Crippen molar-refractivity contribution in [2.45, 2.75) is 25.7 Å². The number of ether oxygens (including phenoxy) is 1. The van der Waals surface area contributed by atoms with E-state index >= 15 is 0 Å². The molecule has 1 fully saturated rings. The number of nitrogens with zero attached hydrogens (tertiary/aromatic N) is 1. The summed E-state index contributed by atoms with van der Waals surface area (Å²) >= 11 is 0. The summed E-state index contributed by atoms with van der Waals surface area (Å²) in [6, 6.07) is 9.02. The molecule has 1 aromatic carbocycles. The maximum Gasteiger partial charge on any atom is 0.248 e. The van der Waals surface area contributed by atoms with Crippen molar-refractivity contribution in [3.05, 3.63) is 35.9 Å². The molecular weight excluding hydrogens is 316 g/mol. The van der Waals surface area contributed by atoms with E-state index in [1.807, 2.05) is 32.0 Å². The Kier molecular flexibility index (Phi) is 6.15. The summed E-state index contributed by atoms with van der Waals surface area (Å²) in [7, 11) is -3.42. The molecule has 1 aromatic rings. The number of carbonyl (C=O) groups excluding carboxylic acids is 1. The van der Waals surface area contributed by atoms with E-state index in [4.69, 9.17) is 4.74 Å². The Balaban J connectivity index is 1.86. The van der Waals surface area contributed by atoms with Gasteiger partial charge in [-0.2, -0.15) is 0 Å². The van der Waals surface area contributed by atoms with Crippen LogP contribution in [0.1, 0.15) is 19.4 Å². The second kappa shape index (κ2) is 7.90. The van der Waals surface area contributed by atoms with Crippen LogP contribution in [0.5, 0.6) is 0 Å². The summed E-state index contributed by atoms with van der Waals surface area (Å²) in [6.45, 7) is 5.36. The van der Waals surface area contributed by atoms with Crippen molar-refractivity contribution < 1.29 is 17.9 Å². The van der Waals surface area contributed by atoms with Gasteiger partial charge in [-0.15, -0.1) is 0 Å². The number of benzene rings is 1. The van der Waals surface area contributed by atoms with Gasteiger partial charge in [0.05, 0.1) is 11.9 Å². The smallest absolute Gasteiger partial charge is 0.248 e. The molecule has 1 aliphatic rings. The molecule has 128 valence electrons. The van der Waals surface area contributed by atoms with E-state index in [9.17, 15) is 13.2 Å². The first-order chi connectivity index (χ1) is 10.9. The van der Waals surface area contributed by atoms with Gasteiger partial charge in [0, 0.05) is 19.6 Å². The van der Waals surface area contributed by atoms with Crippen LogP contribution < -0.4 is 4.72 Å². The van der Waals surface area contributed by atoms with Crippen LogP contribution in [0.25, 0.3) is 0 Å². The maximum atomic E-state index is 12.1. The van der Waals surface area contributed by atoms with E-state index in [-0.39, 0.29) is 30.9 Å². The van der Waals surface area contributed by atoms with Crippen molar-refractivity contribution in [2.75, 3.05) is 26.2 Å². The van der Waals surface area contributed by atoms with Crippen molar-refractivity contribution in [1.29, 1.82) is 0 Å². The molecule has 0 spiro atoms. The second-order valence-electron chi connectivity index (χ2n) is 6.22. The fraction of sp³-hybridized carbons (Fsp3) is 0.562. The Labute approximate surface area is 137 Å². The Morgan fingerprint density at radius 1 is 1.30 bits per heavy atom. The zero-order valence-corrected chi connectivity index (χ0v) is 14.4. The average molecular weight is 340 g/mol. The summed E-state index contributed by atoms with van der Waals surface area (Å²) in [5, 5.41) is 0.